The van der Waals surface area contributed by atoms with Crippen molar-refractivity contribution in [1.82, 2.24) is 24.4 Å². The molecule has 1 aliphatic rings. The Bertz CT molecular complexity index is 1190. The highest BCUT2D eigenvalue weighted by Gasteiger charge is 2.31. The molecule has 0 unspecified atom stereocenters. The van der Waals surface area contributed by atoms with Crippen LogP contribution >= 0.6 is 11.3 Å². The summed E-state index contributed by atoms with van der Waals surface area (Å²) in [6.07, 6.45) is 0.758. The molecule has 0 amide bonds. The molecule has 1 atom stereocenters. The molecule has 0 radical (unpaired) electrons. The SMILES string of the molecule is CCc1nc2sc([C@@H](c3cccc(C)c3)N3CCN(Cc4ccccc4)CC3)c(O)n2n1. The maximum absolute atomic E-state index is 11.1. The first-order valence-electron chi connectivity index (χ1n) is 11.3. The van der Waals surface area contributed by atoms with E-state index in [-0.39, 0.29) is 11.9 Å². The highest BCUT2D eigenvalue weighted by molar-refractivity contribution is 7.17. The zero-order chi connectivity index (χ0) is 22.1. The van der Waals surface area contributed by atoms with E-state index in [2.05, 4.69) is 81.4 Å². The Morgan fingerprint density at radius 1 is 1.03 bits per heavy atom. The minimum atomic E-state index is -0.00708. The van der Waals surface area contributed by atoms with Crippen LogP contribution in [0.25, 0.3) is 4.96 Å². The second-order valence-corrected chi connectivity index (χ2v) is 9.49. The molecule has 1 saturated heterocycles. The number of aryl methyl sites for hydroxylation is 2. The van der Waals surface area contributed by atoms with Crippen LogP contribution in [-0.4, -0.2) is 55.7 Å². The minimum absolute atomic E-state index is 0.00708. The summed E-state index contributed by atoms with van der Waals surface area (Å²) in [6, 6.07) is 19.3. The van der Waals surface area contributed by atoms with Gasteiger partial charge in [0.25, 0.3) is 0 Å². The van der Waals surface area contributed by atoms with E-state index in [1.54, 1.807) is 15.9 Å². The van der Waals surface area contributed by atoms with Gasteiger partial charge in [0.15, 0.2) is 5.82 Å². The average molecular weight is 448 g/mol. The average Bonchev–Trinajstić information content (AvgIpc) is 3.35. The van der Waals surface area contributed by atoms with E-state index in [9.17, 15) is 5.11 Å². The summed E-state index contributed by atoms with van der Waals surface area (Å²) in [5.74, 6) is 0.982. The van der Waals surface area contributed by atoms with Gasteiger partial charge in [-0.3, -0.25) is 9.80 Å². The summed E-state index contributed by atoms with van der Waals surface area (Å²) in [6.45, 7) is 9.01. The summed E-state index contributed by atoms with van der Waals surface area (Å²) < 4.78 is 1.60. The van der Waals surface area contributed by atoms with Crippen molar-refractivity contribution in [2.75, 3.05) is 26.2 Å². The predicted molar refractivity (Wildman–Crippen MR) is 128 cm³/mol. The second-order valence-electron chi connectivity index (χ2n) is 8.48. The van der Waals surface area contributed by atoms with E-state index < -0.39 is 0 Å². The first kappa shape index (κ1) is 21.1. The van der Waals surface area contributed by atoms with Crippen LogP contribution in [0.15, 0.2) is 54.6 Å². The molecule has 1 N–H and O–H groups in total. The number of aromatic nitrogens is 3. The summed E-state index contributed by atoms with van der Waals surface area (Å²) in [5, 5.41) is 15.6. The van der Waals surface area contributed by atoms with Crippen molar-refractivity contribution < 1.29 is 5.11 Å². The number of thiazole rings is 1. The number of benzene rings is 2. The summed E-state index contributed by atoms with van der Waals surface area (Å²) in [4.78, 5) is 11.3. The maximum atomic E-state index is 11.1. The fourth-order valence-corrected chi connectivity index (χ4v) is 5.64. The van der Waals surface area contributed by atoms with Crippen LogP contribution in [0.3, 0.4) is 0 Å². The summed E-state index contributed by atoms with van der Waals surface area (Å²) in [5.41, 5.74) is 3.78. The lowest BCUT2D eigenvalue weighted by Gasteiger charge is -2.39. The van der Waals surface area contributed by atoms with Crippen molar-refractivity contribution in [2.45, 2.75) is 32.9 Å². The maximum Gasteiger partial charge on any atom is 0.230 e. The van der Waals surface area contributed by atoms with Crippen LogP contribution in [-0.2, 0) is 13.0 Å². The van der Waals surface area contributed by atoms with E-state index in [4.69, 9.17) is 0 Å². The van der Waals surface area contributed by atoms with Crippen molar-refractivity contribution in [3.8, 4) is 5.88 Å². The quantitative estimate of drug-likeness (QED) is 0.478. The van der Waals surface area contributed by atoms with Gasteiger partial charge in [0.1, 0.15) is 0 Å². The molecule has 1 fully saturated rings. The lowest BCUT2D eigenvalue weighted by molar-refractivity contribution is 0.105. The van der Waals surface area contributed by atoms with E-state index >= 15 is 0 Å². The molecule has 7 heteroatoms. The second kappa shape index (κ2) is 9.02. The van der Waals surface area contributed by atoms with Gasteiger partial charge in [-0.25, -0.2) is 4.98 Å². The van der Waals surface area contributed by atoms with Gasteiger partial charge in [0, 0.05) is 39.1 Å². The van der Waals surface area contributed by atoms with E-state index in [0.717, 1.165) is 54.8 Å². The molecular weight excluding hydrogens is 418 g/mol. The Morgan fingerprint density at radius 3 is 2.50 bits per heavy atom. The number of hydrogen-bond donors (Lipinski definition) is 1. The van der Waals surface area contributed by atoms with Crippen molar-refractivity contribution in [3.63, 3.8) is 0 Å². The smallest absolute Gasteiger partial charge is 0.230 e. The van der Waals surface area contributed by atoms with Gasteiger partial charge in [-0.15, -0.1) is 5.10 Å². The standard InChI is InChI=1S/C25H29N5OS/c1-3-21-26-25-30(27-21)24(31)23(32-25)22(20-11-7-8-18(2)16-20)29-14-12-28(13-15-29)17-19-9-5-4-6-10-19/h4-11,16,22,31H,3,12-15,17H2,1-2H3/t22-/m1/s1. The monoisotopic (exact) mass is 447 g/mol. The van der Waals surface area contributed by atoms with Crippen LogP contribution in [0.2, 0.25) is 0 Å². The fraction of sp³-hybridized carbons (Fsp3) is 0.360. The molecule has 0 saturated carbocycles. The topological polar surface area (TPSA) is 56.9 Å². The molecule has 166 valence electrons. The van der Waals surface area contributed by atoms with Gasteiger partial charge >= 0.3 is 0 Å². The molecule has 5 rings (SSSR count). The van der Waals surface area contributed by atoms with Crippen molar-refractivity contribution in [3.05, 3.63) is 82.0 Å². The fourth-order valence-electron chi connectivity index (χ4n) is 4.51. The summed E-state index contributed by atoms with van der Waals surface area (Å²) >= 11 is 1.55. The Morgan fingerprint density at radius 2 is 1.81 bits per heavy atom. The van der Waals surface area contributed by atoms with Gasteiger partial charge in [0.05, 0.1) is 10.9 Å². The Kier molecular flexibility index (Phi) is 5.95. The van der Waals surface area contributed by atoms with E-state index in [1.165, 1.54) is 16.7 Å². The molecule has 0 bridgehead atoms. The minimum Gasteiger partial charge on any atom is -0.492 e. The summed E-state index contributed by atoms with van der Waals surface area (Å²) in [7, 11) is 0. The molecule has 0 spiro atoms. The highest BCUT2D eigenvalue weighted by atomic mass is 32.1. The highest BCUT2D eigenvalue weighted by Crippen LogP contribution is 2.40. The first-order chi connectivity index (χ1) is 15.6. The van der Waals surface area contributed by atoms with Crippen molar-refractivity contribution >= 4 is 16.3 Å². The first-order valence-corrected chi connectivity index (χ1v) is 12.1. The molecule has 2 aromatic carbocycles. The normalized spacial score (nSPS) is 16.6. The Hall–Kier alpha value is -2.74. The molecule has 6 nitrogen and oxygen atoms in total. The van der Waals surface area contributed by atoms with E-state index in [0.29, 0.717) is 0 Å². The van der Waals surface area contributed by atoms with Crippen molar-refractivity contribution in [1.29, 1.82) is 0 Å². The largest absolute Gasteiger partial charge is 0.492 e. The van der Waals surface area contributed by atoms with Crippen LogP contribution < -0.4 is 0 Å². The van der Waals surface area contributed by atoms with Gasteiger partial charge < -0.3 is 5.11 Å². The number of aromatic hydroxyl groups is 1. The number of rotatable bonds is 6. The zero-order valence-electron chi connectivity index (χ0n) is 18.6. The van der Waals surface area contributed by atoms with E-state index in [1.807, 2.05) is 6.92 Å². The van der Waals surface area contributed by atoms with Gasteiger partial charge in [-0.1, -0.05) is 78.4 Å². The number of fused-ring (bicyclic) bond motifs is 1. The third-order valence-electron chi connectivity index (χ3n) is 6.19. The molecule has 0 aliphatic carbocycles. The van der Waals surface area contributed by atoms with Gasteiger partial charge in [-0.2, -0.15) is 4.52 Å². The lowest BCUT2D eigenvalue weighted by Crippen LogP contribution is -2.47. The van der Waals surface area contributed by atoms with Crippen LogP contribution in [0.5, 0.6) is 5.88 Å². The number of hydrogen-bond acceptors (Lipinski definition) is 6. The zero-order valence-corrected chi connectivity index (χ0v) is 19.4. The molecule has 3 heterocycles. The van der Waals surface area contributed by atoms with Gasteiger partial charge in [0.2, 0.25) is 10.8 Å². The third-order valence-corrected chi connectivity index (χ3v) is 7.26. The molecule has 2 aromatic heterocycles. The third kappa shape index (κ3) is 4.16. The lowest BCUT2D eigenvalue weighted by atomic mass is 10.0. The molecule has 4 aromatic rings. The molecular formula is C25H29N5OS. The van der Waals surface area contributed by atoms with Crippen LogP contribution in [0.1, 0.15) is 40.4 Å². The Balaban J connectivity index is 1.43. The predicted octanol–water partition coefficient (Wildman–Crippen LogP) is 4.27. The molecule has 1 aliphatic heterocycles. The van der Waals surface area contributed by atoms with Crippen LogP contribution in [0.4, 0.5) is 0 Å². The van der Waals surface area contributed by atoms with Crippen LogP contribution in [0, 0.1) is 6.92 Å². The van der Waals surface area contributed by atoms with Gasteiger partial charge in [-0.05, 0) is 18.1 Å². The number of piperazine rings is 1. The molecule has 32 heavy (non-hydrogen) atoms. The van der Waals surface area contributed by atoms with Crippen molar-refractivity contribution in [2.24, 2.45) is 0 Å². The Labute approximate surface area is 192 Å². The number of nitrogens with zero attached hydrogens (tertiary/aromatic N) is 5.